The van der Waals surface area contributed by atoms with E-state index in [1.165, 1.54) is 13.0 Å². The van der Waals surface area contributed by atoms with Gasteiger partial charge in [0.2, 0.25) is 5.76 Å². The molecule has 1 amide bonds. The summed E-state index contributed by atoms with van der Waals surface area (Å²) >= 11 is 0. The van der Waals surface area contributed by atoms with Gasteiger partial charge in [-0.3, -0.25) is 14.9 Å². The molecule has 0 spiro atoms. The van der Waals surface area contributed by atoms with Crippen LogP contribution in [0.25, 0.3) is 12.2 Å². The molecule has 0 aliphatic carbocycles. The zero-order valence-electron chi connectivity index (χ0n) is 15.9. The zero-order chi connectivity index (χ0) is 20.8. The van der Waals surface area contributed by atoms with E-state index in [2.05, 4.69) is 10.5 Å². The molecule has 0 saturated heterocycles. The molecule has 1 N–H and O–H groups in total. The van der Waals surface area contributed by atoms with Crippen LogP contribution in [0.15, 0.2) is 53.1 Å². The molecule has 3 aromatic rings. The number of carbonyl (C=O) groups is 1. The van der Waals surface area contributed by atoms with Crippen molar-refractivity contribution in [2.75, 3.05) is 11.9 Å². The lowest BCUT2D eigenvalue weighted by molar-refractivity contribution is -0.386. The van der Waals surface area contributed by atoms with Gasteiger partial charge in [-0.05, 0) is 49.2 Å². The van der Waals surface area contributed by atoms with E-state index in [4.69, 9.17) is 9.26 Å². The quantitative estimate of drug-likeness (QED) is 0.471. The molecule has 8 nitrogen and oxygen atoms in total. The predicted molar refractivity (Wildman–Crippen MR) is 109 cm³/mol. The number of ether oxygens (including phenoxy) is 1. The van der Waals surface area contributed by atoms with Crippen molar-refractivity contribution in [2.24, 2.45) is 0 Å². The van der Waals surface area contributed by atoms with Crippen molar-refractivity contribution in [3.63, 3.8) is 0 Å². The molecular weight excluding hydrogens is 374 g/mol. The van der Waals surface area contributed by atoms with Crippen molar-refractivity contribution >= 4 is 29.4 Å². The van der Waals surface area contributed by atoms with Gasteiger partial charge < -0.3 is 14.6 Å². The van der Waals surface area contributed by atoms with Crippen LogP contribution in [0, 0.1) is 24.0 Å². The van der Waals surface area contributed by atoms with Crippen LogP contribution in [0.3, 0.4) is 0 Å². The van der Waals surface area contributed by atoms with Crippen LogP contribution in [-0.4, -0.2) is 22.6 Å². The Morgan fingerprint density at radius 3 is 2.59 bits per heavy atom. The third kappa shape index (κ3) is 5.07. The normalized spacial score (nSPS) is 10.8. The maximum Gasteiger partial charge on any atom is 0.338 e. The summed E-state index contributed by atoms with van der Waals surface area (Å²) in [5.74, 6) is 0.362. The van der Waals surface area contributed by atoms with E-state index in [9.17, 15) is 14.9 Å². The summed E-state index contributed by atoms with van der Waals surface area (Å²) in [5, 5.41) is 17.5. The lowest BCUT2D eigenvalue weighted by Gasteiger charge is -2.09. The summed E-state index contributed by atoms with van der Waals surface area (Å²) in [6.45, 7) is 3.31. The van der Waals surface area contributed by atoms with Gasteiger partial charge in [-0.15, -0.1) is 0 Å². The fraction of sp³-hybridized carbons (Fsp3) is 0.143. The monoisotopic (exact) mass is 393 g/mol. The van der Waals surface area contributed by atoms with Crippen molar-refractivity contribution < 1.29 is 19.0 Å². The molecule has 0 aliphatic heterocycles. The molecule has 1 aromatic heterocycles. The molecule has 0 unspecified atom stereocenters. The molecule has 8 heteroatoms. The highest BCUT2D eigenvalue weighted by Gasteiger charge is 2.21. The second-order valence-corrected chi connectivity index (χ2v) is 6.29. The average molecular weight is 393 g/mol. The molecule has 0 radical (unpaired) electrons. The van der Waals surface area contributed by atoms with Crippen molar-refractivity contribution in [3.8, 4) is 5.75 Å². The van der Waals surface area contributed by atoms with Gasteiger partial charge in [0, 0.05) is 5.69 Å². The molecule has 0 atom stereocenters. The lowest BCUT2D eigenvalue weighted by Crippen LogP contribution is -2.20. The molecule has 0 aliphatic rings. The van der Waals surface area contributed by atoms with E-state index in [0.29, 0.717) is 5.75 Å². The van der Waals surface area contributed by atoms with Crippen LogP contribution in [0.4, 0.5) is 11.4 Å². The zero-order valence-corrected chi connectivity index (χ0v) is 15.9. The Hall–Kier alpha value is -3.94. The summed E-state index contributed by atoms with van der Waals surface area (Å²) in [6.07, 6.45) is 3.16. The smallest absolute Gasteiger partial charge is 0.338 e. The highest BCUT2D eigenvalue weighted by Crippen LogP contribution is 2.25. The first-order chi connectivity index (χ1) is 13.9. The summed E-state index contributed by atoms with van der Waals surface area (Å²) in [7, 11) is 0. The van der Waals surface area contributed by atoms with Crippen molar-refractivity contribution in [1.29, 1.82) is 0 Å². The lowest BCUT2D eigenvalue weighted by atomic mass is 10.2. The Kier molecular flexibility index (Phi) is 6.03. The van der Waals surface area contributed by atoms with Crippen molar-refractivity contribution in [3.05, 3.63) is 81.2 Å². The number of rotatable bonds is 7. The van der Waals surface area contributed by atoms with E-state index >= 15 is 0 Å². The Morgan fingerprint density at radius 2 is 1.90 bits per heavy atom. The predicted octanol–water partition coefficient (Wildman–Crippen LogP) is 4.39. The van der Waals surface area contributed by atoms with Crippen LogP contribution < -0.4 is 10.1 Å². The minimum atomic E-state index is -0.523. The molecule has 2 aromatic carbocycles. The van der Waals surface area contributed by atoms with Gasteiger partial charge >= 0.3 is 5.69 Å². The third-order valence-corrected chi connectivity index (χ3v) is 4.14. The first kappa shape index (κ1) is 19.8. The number of anilines is 1. The number of para-hydroxylation sites is 1. The first-order valence-electron chi connectivity index (χ1n) is 8.81. The Bertz CT molecular complexity index is 1050. The Morgan fingerprint density at radius 1 is 1.17 bits per heavy atom. The highest BCUT2D eigenvalue weighted by molar-refractivity contribution is 5.92. The number of aryl methyl sites for hydroxylation is 2. The van der Waals surface area contributed by atoms with E-state index < -0.39 is 4.92 Å². The number of hydrogen-bond acceptors (Lipinski definition) is 6. The van der Waals surface area contributed by atoms with Crippen LogP contribution in [0.5, 0.6) is 5.75 Å². The van der Waals surface area contributed by atoms with Crippen LogP contribution in [0.1, 0.15) is 22.6 Å². The minimum Gasteiger partial charge on any atom is -0.484 e. The Labute approximate surface area is 166 Å². The fourth-order valence-electron chi connectivity index (χ4n) is 2.61. The third-order valence-electron chi connectivity index (χ3n) is 4.14. The van der Waals surface area contributed by atoms with Gasteiger partial charge in [-0.25, -0.2) is 0 Å². The molecule has 1 heterocycles. The van der Waals surface area contributed by atoms with Gasteiger partial charge in [-0.1, -0.05) is 41.6 Å². The number of nitrogens with zero attached hydrogens (tertiary/aromatic N) is 2. The standard InChI is InChI=1S/C21H19N3O5/c1-14-5-3-4-6-18(14)22-20(25)13-28-17-10-7-16(8-11-17)9-12-19-21(24(26)27)15(2)23-29-19/h3-12H,13H2,1-2H3,(H,22,25)/b12-9+. The van der Waals surface area contributed by atoms with E-state index in [0.717, 1.165) is 16.8 Å². The molecule has 0 bridgehead atoms. The molecule has 0 saturated carbocycles. The van der Waals surface area contributed by atoms with Crippen LogP contribution in [0.2, 0.25) is 0 Å². The first-order valence-corrected chi connectivity index (χ1v) is 8.81. The molecular formula is C21H19N3O5. The number of aromatic nitrogens is 1. The topological polar surface area (TPSA) is 108 Å². The van der Waals surface area contributed by atoms with Gasteiger partial charge in [0.15, 0.2) is 12.3 Å². The maximum absolute atomic E-state index is 12.0. The van der Waals surface area contributed by atoms with Crippen LogP contribution in [-0.2, 0) is 4.79 Å². The summed E-state index contributed by atoms with van der Waals surface area (Å²) in [6, 6.07) is 14.4. The van der Waals surface area contributed by atoms with Gasteiger partial charge in [0.25, 0.3) is 5.91 Å². The molecule has 3 rings (SSSR count). The largest absolute Gasteiger partial charge is 0.484 e. The van der Waals surface area contributed by atoms with E-state index in [1.54, 1.807) is 30.3 Å². The van der Waals surface area contributed by atoms with Crippen molar-refractivity contribution in [2.45, 2.75) is 13.8 Å². The van der Waals surface area contributed by atoms with Crippen molar-refractivity contribution in [1.82, 2.24) is 5.16 Å². The highest BCUT2D eigenvalue weighted by atomic mass is 16.6. The molecule has 0 fully saturated rings. The SMILES string of the molecule is Cc1ccccc1NC(=O)COc1ccc(/C=C/c2onc(C)c2[N+](=O)[O-])cc1. The number of amides is 1. The molecule has 29 heavy (non-hydrogen) atoms. The second-order valence-electron chi connectivity index (χ2n) is 6.29. The minimum absolute atomic E-state index is 0.0840. The number of benzene rings is 2. The number of carbonyl (C=O) groups excluding carboxylic acids is 1. The number of hydrogen-bond donors (Lipinski definition) is 1. The second kappa shape index (κ2) is 8.83. The Balaban J connectivity index is 1.57. The summed E-state index contributed by atoms with van der Waals surface area (Å²) in [4.78, 5) is 22.6. The molecule has 148 valence electrons. The summed E-state index contributed by atoms with van der Waals surface area (Å²) in [5.41, 5.74) is 2.57. The number of nitrogens with one attached hydrogen (secondary N) is 1. The van der Waals surface area contributed by atoms with E-state index in [-0.39, 0.29) is 29.7 Å². The maximum atomic E-state index is 12.0. The van der Waals surface area contributed by atoms with Gasteiger partial charge in [-0.2, -0.15) is 0 Å². The number of nitro groups is 1. The summed E-state index contributed by atoms with van der Waals surface area (Å²) < 4.78 is 10.5. The van der Waals surface area contributed by atoms with Gasteiger partial charge in [0.05, 0.1) is 4.92 Å². The average Bonchev–Trinajstić information content (AvgIpc) is 3.08. The van der Waals surface area contributed by atoms with E-state index in [1.807, 2.05) is 31.2 Å². The van der Waals surface area contributed by atoms with Gasteiger partial charge in [0.1, 0.15) is 5.75 Å². The fourth-order valence-corrected chi connectivity index (χ4v) is 2.61. The van der Waals surface area contributed by atoms with Crippen LogP contribution >= 0.6 is 0 Å².